The van der Waals surface area contributed by atoms with Crippen molar-refractivity contribution in [2.45, 2.75) is 6.54 Å². The lowest BCUT2D eigenvalue weighted by Crippen LogP contribution is -2.23. The van der Waals surface area contributed by atoms with Crippen LogP contribution < -0.4 is 5.56 Å². The van der Waals surface area contributed by atoms with Gasteiger partial charge < -0.3 is 5.11 Å². The Morgan fingerprint density at radius 3 is 2.85 bits per heavy atom. The lowest BCUT2D eigenvalue weighted by atomic mass is 10.2. The molecule has 2 aromatic heterocycles. The van der Waals surface area contributed by atoms with Gasteiger partial charge in [0.1, 0.15) is 5.56 Å². The standard InChI is InChI=1S/C14H11N3O3/c1-2-7-16-12-10(14(19)20)8-15-17(12)11-6-4-3-5-9(11)13(16)18/h2-6,8H,1,7H2,(H,19,20). The van der Waals surface area contributed by atoms with Crippen molar-refractivity contribution in [3.63, 3.8) is 0 Å². The van der Waals surface area contributed by atoms with Gasteiger partial charge in [0, 0.05) is 6.54 Å². The van der Waals surface area contributed by atoms with Crippen LogP contribution in [0.4, 0.5) is 0 Å². The first kappa shape index (κ1) is 12.2. The van der Waals surface area contributed by atoms with E-state index in [2.05, 4.69) is 11.7 Å². The van der Waals surface area contributed by atoms with E-state index in [0.717, 1.165) is 0 Å². The molecule has 0 aliphatic carbocycles. The van der Waals surface area contributed by atoms with Crippen LogP contribution in [0.5, 0.6) is 0 Å². The summed E-state index contributed by atoms with van der Waals surface area (Å²) in [5, 5.41) is 13.8. The average molecular weight is 269 g/mol. The Labute approximate surface area is 113 Å². The van der Waals surface area contributed by atoms with Crippen molar-refractivity contribution >= 4 is 22.5 Å². The molecule has 0 atom stereocenters. The number of fused-ring (bicyclic) bond motifs is 3. The van der Waals surface area contributed by atoms with Gasteiger partial charge in [-0.05, 0) is 12.1 Å². The molecule has 0 bridgehead atoms. The molecule has 100 valence electrons. The largest absolute Gasteiger partial charge is 0.477 e. The molecule has 0 radical (unpaired) electrons. The predicted molar refractivity (Wildman–Crippen MR) is 74.1 cm³/mol. The van der Waals surface area contributed by atoms with E-state index in [9.17, 15) is 14.7 Å². The lowest BCUT2D eigenvalue weighted by molar-refractivity contribution is 0.0698. The monoisotopic (exact) mass is 269 g/mol. The molecule has 0 aliphatic heterocycles. The molecule has 6 nitrogen and oxygen atoms in total. The summed E-state index contributed by atoms with van der Waals surface area (Å²) in [5.41, 5.74) is 0.590. The van der Waals surface area contributed by atoms with Crippen LogP contribution in [0.3, 0.4) is 0 Å². The summed E-state index contributed by atoms with van der Waals surface area (Å²) >= 11 is 0. The quantitative estimate of drug-likeness (QED) is 0.731. The van der Waals surface area contributed by atoms with Crippen LogP contribution in [0.1, 0.15) is 10.4 Å². The third-order valence-corrected chi connectivity index (χ3v) is 3.15. The second-order valence-electron chi connectivity index (χ2n) is 4.32. The van der Waals surface area contributed by atoms with Gasteiger partial charge in [0.25, 0.3) is 5.56 Å². The first-order chi connectivity index (χ1) is 9.65. The molecule has 1 N–H and O–H groups in total. The first-order valence-corrected chi connectivity index (χ1v) is 5.98. The topological polar surface area (TPSA) is 76.6 Å². The van der Waals surface area contributed by atoms with E-state index in [4.69, 9.17) is 0 Å². The van der Waals surface area contributed by atoms with Crippen LogP contribution in [0.25, 0.3) is 16.6 Å². The van der Waals surface area contributed by atoms with Gasteiger partial charge in [-0.3, -0.25) is 9.36 Å². The number of rotatable bonds is 3. The summed E-state index contributed by atoms with van der Waals surface area (Å²) in [4.78, 5) is 23.8. The highest BCUT2D eigenvalue weighted by molar-refractivity contribution is 5.96. The van der Waals surface area contributed by atoms with Gasteiger partial charge in [-0.15, -0.1) is 6.58 Å². The normalized spacial score (nSPS) is 11.0. The zero-order valence-electron chi connectivity index (χ0n) is 10.5. The molecule has 3 aromatic rings. The maximum absolute atomic E-state index is 12.5. The third-order valence-electron chi connectivity index (χ3n) is 3.15. The van der Waals surface area contributed by atoms with Gasteiger partial charge in [0.15, 0.2) is 5.65 Å². The molecular weight excluding hydrogens is 258 g/mol. The van der Waals surface area contributed by atoms with Crippen molar-refractivity contribution in [1.29, 1.82) is 0 Å². The van der Waals surface area contributed by atoms with Crippen LogP contribution in [0.2, 0.25) is 0 Å². The van der Waals surface area contributed by atoms with Gasteiger partial charge in [0.2, 0.25) is 0 Å². The van der Waals surface area contributed by atoms with E-state index in [1.54, 1.807) is 30.3 Å². The average Bonchev–Trinajstić information content (AvgIpc) is 2.88. The van der Waals surface area contributed by atoms with Gasteiger partial charge in [-0.2, -0.15) is 5.10 Å². The maximum Gasteiger partial charge on any atom is 0.341 e. The summed E-state index contributed by atoms with van der Waals surface area (Å²) in [7, 11) is 0. The zero-order valence-corrected chi connectivity index (χ0v) is 10.5. The van der Waals surface area contributed by atoms with Crippen LogP contribution >= 0.6 is 0 Å². The molecule has 3 rings (SSSR count). The molecule has 0 spiro atoms. The molecule has 1 aromatic carbocycles. The minimum absolute atomic E-state index is 0.00490. The minimum Gasteiger partial charge on any atom is -0.477 e. The lowest BCUT2D eigenvalue weighted by Gasteiger charge is -2.09. The molecule has 0 amide bonds. The maximum atomic E-state index is 12.5. The number of benzene rings is 1. The van der Waals surface area contributed by atoms with E-state index in [-0.39, 0.29) is 23.3 Å². The van der Waals surface area contributed by atoms with Crippen LogP contribution in [-0.2, 0) is 6.54 Å². The predicted octanol–water partition coefficient (Wildman–Crippen LogP) is 1.53. The highest BCUT2D eigenvalue weighted by atomic mass is 16.4. The van der Waals surface area contributed by atoms with Crippen LogP contribution in [0.15, 0.2) is 47.9 Å². The molecule has 2 heterocycles. The molecular formula is C14H11N3O3. The van der Waals surface area contributed by atoms with Crippen LogP contribution in [0, 0.1) is 0 Å². The van der Waals surface area contributed by atoms with Gasteiger partial charge >= 0.3 is 5.97 Å². The number of carboxylic acids is 1. The van der Waals surface area contributed by atoms with Crippen molar-refractivity contribution < 1.29 is 9.90 Å². The number of aromatic nitrogens is 3. The second kappa shape index (κ2) is 4.34. The first-order valence-electron chi connectivity index (χ1n) is 5.98. The zero-order chi connectivity index (χ0) is 14.3. The number of para-hydroxylation sites is 1. The smallest absolute Gasteiger partial charge is 0.341 e. The Morgan fingerprint density at radius 1 is 1.40 bits per heavy atom. The molecule has 0 saturated heterocycles. The van der Waals surface area contributed by atoms with E-state index in [0.29, 0.717) is 10.9 Å². The Balaban J connectivity index is 2.61. The van der Waals surface area contributed by atoms with E-state index in [1.807, 2.05) is 0 Å². The third kappa shape index (κ3) is 1.55. The summed E-state index contributed by atoms with van der Waals surface area (Å²) in [5.74, 6) is -1.12. The van der Waals surface area contributed by atoms with Crippen molar-refractivity contribution in [2.24, 2.45) is 0 Å². The number of carbonyl (C=O) groups is 1. The van der Waals surface area contributed by atoms with Gasteiger partial charge in [-0.1, -0.05) is 18.2 Å². The number of carboxylic acid groups (broad SMARTS) is 1. The van der Waals surface area contributed by atoms with Crippen LogP contribution in [-0.4, -0.2) is 25.3 Å². The Hall–Kier alpha value is -2.89. The number of nitrogens with zero attached hydrogens (tertiary/aromatic N) is 3. The molecule has 6 heteroatoms. The number of hydrogen-bond donors (Lipinski definition) is 1. The Bertz CT molecular complexity index is 905. The minimum atomic E-state index is -1.12. The van der Waals surface area contributed by atoms with E-state index in [1.165, 1.54) is 15.3 Å². The van der Waals surface area contributed by atoms with Crippen molar-refractivity contribution in [1.82, 2.24) is 14.2 Å². The Kier molecular flexibility index (Phi) is 2.64. The molecule has 20 heavy (non-hydrogen) atoms. The summed E-state index contributed by atoms with van der Waals surface area (Å²) in [6.07, 6.45) is 2.80. The van der Waals surface area contributed by atoms with Crippen molar-refractivity contribution in [3.8, 4) is 0 Å². The molecule has 0 fully saturated rings. The fraction of sp³-hybridized carbons (Fsp3) is 0.0714. The Morgan fingerprint density at radius 2 is 2.15 bits per heavy atom. The van der Waals surface area contributed by atoms with E-state index >= 15 is 0 Å². The fourth-order valence-electron chi connectivity index (χ4n) is 2.31. The van der Waals surface area contributed by atoms with Crippen molar-refractivity contribution in [3.05, 3.63) is 59.0 Å². The SMILES string of the molecule is C=CCn1c(=O)c2ccccc2n2ncc(C(=O)O)c12. The molecule has 0 saturated carbocycles. The second-order valence-corrected chi connectivity index (χ2v) is 4.32. The summed E-state index contributed by atoms with van der Waals surface area (Å²) < 4.78 is 2.84. The highest BCUT2D eigenvalue weighted by Crippen LogP contribution is 2.16. The van der Waals surface area contributed by atoms with Crippen molar-refractivity contribution in [2.75, 3.05) is 0 Å². The van der Waals surface area contributed by atoms with Gasteiger partial charge in [0.05, 0.1) is 17.1 Å². The molecule has 0 unspecified atom stereocenters. The number of aromatic carboxylic acids is 1. The van der Waals surface area contributed by atoms with Gasteiger partial charge in [-0.25, -0.2) is 9.31 Å². The highest BCUT2D eigenvalue weighted by Gasteiger charge is 2.18. The number of hydrogen-bond acceptors (Lipinski definition) is 3. The number of allylic oxidation sites excluding steroid dienone is 1. The molecule has 0 aliphatic rings. The summed E-state index contributed by atoms with van der Waals surface area (Å²) in [6, 6.07) is 6.97. The van der Waals surface area contributed by atoms with E-state index < -0.39 is 5.97 Å². The fourth-order valence-corrected chi connectivity index (χ4v) is 2.31. The summed E-state index contributed by atoms with van der Waals surface area (Å²) in [6.45, 7) is 3.83.